The number of aromatic amines is 1. The lowest BCUT2D eigenvalue weighted by Gasteiger charge is -2.10. The van der Waals surface area contributed by atoms with Gasteiger partial charge in [-0.15, -0.1) is 0 Å². The standard InChI is InChI=1S/C17H14ClN3O2/c1-23-16-7-4-12(18)10-14(16)17(22)20-13-5-2-11(3-6-13)15-8-9-19-21-15/h2-10H,1H3,(H,19,21)(H,20,22). The number of amides is 1. The van der Waals surface area contributed by atoms with Gasteiger partial charge in [0.15, 0.2) is 0 Å². The average Bonchev–Trinajstić information content (AvgIpc) is 3.10. The smallest absolute Gasteiger partial charge is 0.259 e. The Morgan fingerprint density at radius 1 is 1.17 bits per heavy atom. The Balaban J connectivity index is 1.79. The number of benzene rings is 2. The van der Waals surface area contributed by atoms with Crippen molar-refractivity contribution in [3.63, 3.8) is 0 Å². The highest BCUT2D eigenvalue weighted by Crippen LogP contribution is 2.24. The predicted octanol–water partition coefficient (Wildman–Crippen LogP) is 3.99. The molecule has 2 aromatic carbocycles. The molecule has 0 unspecified atom stereocenters. The number of anilines is 1. The summed E-state index contributed by atoms with van der Waals surface area (Å²) >= 11 is 5.95. The van der Waals surface area contributed by atoms with E-state index in [9.17, 15) is 4.79 Å². The first-order valence-electron chi connectivity index (χ1n) is 6.92. The molecular weight excluding hydrogens is 314 g/mol. The highest BCUT2D eigenvalue weighted by molar-refractivity contribution is 6.31. The van der Waals surface area contributed by atoms with Crippen molar-refractivity contribution in [2.45, 2.75) is 0 Å². The molecule has 1 amide bonds. The van der Waals surface area contributed by atoms with Crippen molar-refractivity contribution >= 4 is 23.2 Å². The molecular formula is C17H14ClN3O2. The predicted molar refractivity (Wildman–Crippen MR) is 90.0 cm³/mol. The molecule has 0 aliphatic heterocycles. The molecule has 0 saturated carbocycles. The minimum absolute atomic E-state index is 0.279. The second-order valence-corrected chi connectivity index (χ2v) is 5.28. The minimum atomic E-state index is -0.279. The van der Waals surface area contributed by atoms with Gasteiger partial charge in [-0.05, 0) is 42.0 Å². The Hall–Kier alpha value is -2.79. The summed E-state index contributed by atoms with van der Waals surface area (Å²) in [6, 6.07) is 14.3. The van der Waals surface area contributed by atoms with Crippen LogP contribution in [0.3, 0.4) is 0 Å². The average molecular weight is 328 g/mol. The van der Waals surface area contributed by atoms with E-state index in [0.29, 0.717) is 22.0 Å². The normalized spacial score (nSPS) is 10.3. The molecule has 116 valence electrons. The van der Waals surface area contributed by atoms with Crippen LogP contribution in [0.15, 0.2) is 54.7 Å². The first kappa shape index (κ1) is 15.1. The first-order chi connectivity index (χ1) is 11.2. The van der Waals surface area contributed by atoms with E-state index in [-0.39, 0.29) is 5.91 Å². The number of carbonyl (C=O) groups excluding carboxylic acids is 1. The van der Waals surface area contributed by atoms with Crippen molar-refractivity contribution in [3.05, 3.63) is 65.3 Å². The third-order valence-electron chi connectivity index (χ3n) is 3.36. The van der Waals surface area contributed by atoms with Crippen LogP contribution in [0.25, 0.3) is 11.3 Å². The molecule has 0 bridgehead atoms. The Bertz CT molecular complexity index is 814. The van der Waals surface area contributed by atoms with Gasteiger partial charge < -0.3 is 10.1 Å². The van der Waals surface area contributed by atoms with E-state index in [1.165, 1.54) is 7.11 Å². The zero-order chi connectivity index (χ0) is 16.2. The van der Waals surface area contributed by atoms with E-state index in [1.54, 1.807) is 24.4 Å². The molecule has 0 aliphatic rings. The molecule has 0 aliphatic carbocycles. The molecule has 0 saturated heterocycles. The molecule has 2 N–H and O–H groups in total. The lowest BCUT2D eigenvalue weighted by molar-refractivity contribution is 0.102. The number of rotatable bonds is 4. The number of methoxy groups -OCH3 is 1. The quantitative estimate of drug-likeness (QED) is 0.761. The van der Waals surface area contributed by atoms with E-state index in [2.05, 4.69) is 15.5 Å². The largest absolute Gasteiger partial charge is 0.496 e. The van der Waals surface area contributed by atoms with Gasteiger partial charge >= 0.3 is 0 Å². The summed E-state index contributed by atoms with van der Waals surface area (Å²) in [5, 5.41) is 10.1. The van der Waals surface area contributed by atoms with E-state index in [4.69, 9.17) is 16.3 Å². The zero-order valence-corrected chi connectivity index (χ0v) is 13.1. The lowest BCUT2D eigenvalue weighted by Crippen LogP contribution is -2.13. The van der Waals surface area contributed by atoms with Crippen LogP contribution in [0.1, 0.15) is 10.4 Å². The maximum Gasteiger partial charge on any atom is 0.259 e. The van der Waals surface area contributed by atoms with Crippen molar-refractivity contribution in [1.29, 1.82) is 0 Å². The number of halogens is 1. The molecule has 0 fully saturated rings. The van der Waals surface area contributed by atoms with Crippen LogP contribution in [0.4, 0.5) is 5.69 Å². The summed E-state index contributed by atoms with van der Waals surface area (Å²) in [5.74, 6) is 0.194. The molecule has 5 nitrogen and oxygen atoms in total. The Morgan fingerprint density at radius 3 is 2.61 bits per heavy atom. The van der Waals surface area contributed by atoms with Crippen molar-refractivity contribution in [3.8, 4) is 17.0 Å². The number of H-pyrrole nitrogens is 1. The van der Waals surface area contributed by atoms with Gasteiger partial charge in [-0.2, -0.15) is 5.10 Å². The van der Waals surface area contributed by atoms with Gasteiger partial charge in [-0.25, -0.2) is 0 Å². The van der Waals surface area contributed by atoms with Crippen molar-refractivity contribution in [1.82, 2.24) is 10.2 Å². The summed E-state index contributed by atoms with van der Waals surface area (Å²) in [5.41, 5.74) is 2.97. The van der Waals surface area contributed by atoms with Crippen LogP contribution in [-0.4, -0.2) is 23.2 Å². The second kappa shape index (κ2) is 6.54. The first-order valence-corrected chi connectivity index (χ1v) is 7.30. The summed E-state index contributed by atoms with van der Waals surface area (Å²) in [6.45, 7) is 0. The fraction of sp³-hybridized carbons (Fsp3) is 0.0588. The van der Waals surface area contributed by atoms with Gasteiger partial charge in [-0.3, -0.25) is 9.89 Å². The van der Waals surface area contributed by atoms with Crippen molar-refractivity contribution in [2.24, 2.45) is 0 Å². The number of hydrogen-bond acceptors (Lipinski definition) is 3. The molecule has 3 aromatic rings. The van der Waals surface area contributed by atoms with Crippen LogP contribution in [-0.2, 0) is 0 Å². The monoisotopic (exact) mass is 327 g/mol. The number of nitrogens with one attached hydrogen (secondary N) is 2. The molecule has 1 aromatic heterocycles. The third kappa shape index (κ3) is 3.35. The molecule has 3 rings (SSSR count). The van der Waals surface area contributed by atoms with E-state index in [0.717, 1.165) is 11.3 Å². The van der Waals surface area contributed by atoms with Crippen molar-refractivity contribution < 1.29 is 9.53 Å². The van der Waals surface area contributed by atoms with Gasteiger partial charge in [0.05, 0.1) is 18.4 Å². The maximum atomic E-state index is 12.4. The Labute approximate surface area is 138 Å². The Kier molecular flexibility index (Phi) is 4.30. The van der Waals surface area contributed by atoms with Crippen LogP contribution in [0, 0.1) is 0 Å². The van der Waals surface area contributed by atoms with Gasteiger partial charge in [0, 0.05) is 16.9 Å². The Morgan fingerprint density at radius 2 is 1.96 bits per heavy atom. The highest BCUT2D eigenvalue weighted by atomic mass is 35.5. The molecule has 0 spiro atoms. The van der Waals surface area contributed by atoms with Crippen LogP contribution < -0.4 is 10.1 Å². The molecule has 0 radical (unpaired) electrons. The van der Waals surface area contributed by atoms with E-state index < -0.39 is 0 Å². The molecule has 0 atom stereocenters. The number of ether oxygens (including phenoxy) is 1. The number of aromatic nitrogens is 2. The second-order valence-electron chi connectivity index (χ2n) is 4.85. The summed E-state index contributed by atoms with van der Waals surface area (Å²) in [7, 11) is 1.51. The minimum Gasteiger partial charge on any atom is -0.496 e. The van der Waals surface area contributed by atoms with Crippen LogP contribution >= 0.6 is 11.6 Å². The fourth-order valence-corrected chi connectivity index (χ4v) is 2.38. The molecule has 23 heavy (non-hydrogen) atoms. The summed E-state index contributed by atoms with van der Waals surface area (Å²) in [4.78, 5) is 12.4. The number of hydrogen-bond donors (Lipinski definition) is 2. The molecule has 1 heterocycles. The van der Waals surface area contributed by atoms with Gasteiger partial charge in [-0.1, -0.05) is 23.7 Å². The molecule has 6 heteroatoms. The lowest BCUT2D eigenvalue weighted by atomic mass is 10.1. The summed E-state index contributed by atoms with van der Waals surface area (Å²) < 4.78 is 5.20. The van der Waals surface area contributed by atoms with Gasteiger partial charge in [0.1, 0.15) is 5.75 Å². The summed E-state index contributed by atoms with van der Waals surface area (Å²) in [6.07, 6.45) is 1.69. The van der Waals surface area contributed by atoms with Crippen LogP contribution in [0.2, 0.25) is 5.02 Å². The number of carbonyl (C=O) groups is 1. The van der Waals surface area contributed by atoms with Gasteiger partial charge in [0.2, 0.25) is 0 Å². The van der Waals surface area contributed by atoms with E-state index >= 15 is 0 Å². The maximum absolute atomic E-state index is 12.4. The van der Waals surface area contributed by atoms with E-state index in [1.807, 2.05) is 30.3 Å². The highest BCUT2D eigenvalue weighted by Gasteiger charge is 2.13. The van der Waals surface area contributed by atoms with Gasteiger partial charge in [0.25, 0.3) is 5.91 Å². The fourth-order valence-electron chi connectivity index (χ4n) is 2.21. The van der Waals surface area contributed by atoms with Crippen molar-refractivity contribution in [2.75, 3.05) is 12.4 Å². The topological polar surface area (TPSA) is 67.0 Å². The van der Waals surface area contributed by atoms with Crippen LogP contribution in [0.5, 0.6) is 5.75 Å². The number of nitrogens with zero attached hydrogens (tertiary/aromatic N) is 1. The SMILES string of the molecule is COc1ccc(Cl)cc1C(=O)Nc1ccc(-c2ccn[nH]2)cc1. The third-order valence-corrected chi connectivity index (χ3v) is 3.60. The zero-order valence-electron chi connectivity index (χ0n) is 12.3.